The average Bonchev–Trinajstić information content (AvgIpc) is 2.57. The van der Waals surface area contributed by atoms with Crippen LogP contribution in [-0.4, -0.2) is 20.2 Å². The van der Waals surface area contributed by atoms with E-state index in [2.05, 4.69) is 29.4 Å². The summed E-state index contributed by atoms with van der Waals surface area (Å²) in [5, 5.41) is 10.1. The van der Waals surface area contributed by atoms with Crippen LogP contribution in [0, 0.1) is 10.7 Å². The van der Waals surface area contributed by atoms with E-state index in [0.29, 0.717) is 4.77 Å². The summed E-state index contributed by atoms with van der Waals surface area (Å²) in [4.78, 5) is 0. The summed E-state index contributed by atoms with van der Waals surface area (Å²) in [5.74, 6) is 0.829. The number of nitrogens with one attached hydrogen (secondary N) is 1. The molecule has 4 nitrogen and oxygen atoms in total. The average molecular weight is 228 g/mol. The Morgan fingerprint density at radius 1 is 1.27 bits per heavy atom. The Bertz CT molecular complexity index is 315. The maximum absolute atomic E-state index is 4.98. The molecule has 0 atom stereocenters. The van der Waals surface area contributed by atoms with Crippen LogP contribution in [0.5, 0.6) is 0 Å². The zero-order valence-corrected chi connectivity index (χ0v) is 10.4. The minimum Gasteiger partial charge on any atom is -0.242 e. The minimum absolute atomic E-state index is 0.553. The number of tetrazole rings is 1. The third-order valence-corrected chi connectivity index (χ3v) is 2.75. The zero-order valence-electron chi connectivity index (χ0n) is 9.57. The van der Waals surface area contributed by atoms with Crippen molar-refractivity contribution < 1.29 is 0 Å². The number of hydrogen-bond acceptors (Lipinski definition) is 3. The molecular formula is C10H20N4S. The highest BCUT2D eigenvalue weighted by atomic mass is 32.1. The largest absolute Gasteiger partial charge is 0.242 e. The van der Waals surface area contributed by atoms with Crippen LogP contribution in [0.1, 0.15) is 46.0 Å². The number of nitrogens with zero attached hydrogens (tertiary/aromatic N) is 3. The van der Waals surface area contributed by atoms with E-state index in [9.17, 15) is 0 Å². The molecule has 1 aromatic heterocycles. The summed E-state index contributed by atoms with van der Waals surface area (Å²) in [7, 11) is 0. The zero-order chi connectivity index (χ0) is 11.1. The molecule has 0 bridgehead atoms. The van der Waals surface area contributed by atoms with E-state index in [0.717, 1.165) is 18.9 Å². The summed E-state index contributed by atoms with van der Waals surface area (Å²) >= 11 is 4.98. The second-order valence-electron chi connectivity index (χ2n) is 4.33. The predicted octanol–water partition coefficient (Wildman–Crippen LogP) is 2.94. The van der Waals surface area contributed by atoms with Crippen LogP contribution < -0.4 is 0 Å². The second kappa shape index (κ2) is 6.71. The van der Waals surface area contributed by atoms with Crippen LogP contribution in [-0.2, 0) is 6.54 Å². The van der Waals surface area contributed by atoms with Crippen molar-refractivity contribution in [2.45, 2.75) is 52.5 Å². The molecule has 0 radical (unpaired) electrons. The minimum atomic E-state index is 0.553. The fourth-order valence-electron chi connectivity index (χ4n) is 1.54. The SMILES string of the molecule is CC(C)CCCCCCn1[nH]nnc1=S. The number of H-pyrrole nitrogens is 1. The van der Waals surface area contributed by atoms with Crippen molar-refractivity contribution in [3.63, 3.8) is 0 Å². The van der Waals surface area contributed by atoms with Gasteiger partial charge in [-0.1, -0.05) is 49.8 Å². The van der Waals surface area contributed by atoms with Gasteiger partial charge < -0.3 is 0 Å². The molecule has 1 N–H and O–H groups in total. The lowest BCUT2D eigenvalue weighted by molar-refractivity contribution is 0.487. The van der Waals surface area contributed by atoms with Gasteiger partial charge in [0.15, 0.2) is 0 Å². The number of unbranched alkanes of at least 4 members (excludes halogenated alkanes) is 3. The molecule has 0 spiro atoms. The lowest BCUT2D eigenvalue weighted by Crippen LogP contribution is -2.00. The molecule has 0 saturated heterocycles. The molecule has 1 heterocycles. The first-order valence-corrected chi connectivity index (χ1v) is 6.09. The first kappa shape index (κ1) is 12.4. The third-order valence-electron chi connectivity index (χ3n) is 2.45. The van der Waals surface area contributed by atoms with Gasteiger partial charge in [0.1, 0.15) is 0 Å². The van der Waals surface area contributed by atoms with Crippen LogP contribution in [0.2, 0.25) is 0 Å². The molecule has 0 aliphatic carbocycles. The van der Waals surface area contributed by atoms with E-state index in [4.69, 9.17) is 12.2 Å². The molecule has 0 aliphatic heterocycles. The van der Waals surface area contributed by atoms with Crippen molar-refractivity contribution in [3.05, 3.63) is 4.77 Å². The van der Waals surface area contributed by atoms with E-state index >= 15 is 0 Å². The summed E-state index contributed by atoms with van der Waals surface area (Å²) in [6.07, 6.45) is 6.40. The Hall–Kier alpha value is -0.710. The summed E-state index contributed by atoms with van der Waals surface area (Å²) < 4.78 is 2.37. The topological polar surface area (TPSA) is 46.5 Å². The Kier molecular flexibility index (Phi) is 5.53. The second-order valence-corrected chi connectivity index (χ2v) is 4.70. The molecule has 5 heteroatoms. The molecule has 0 amide bonds. The number of aromatic amines is 1. The van der Waals surface area contributed by atoms with E-state index in [1.807, 2.05) is 4.68 Å². The third kappa shape index (κ3) is 5.06. The predicted molar refractivity (Wildman–Crippen MR) is 63.1 cm³/mol. The van der Waals surface area contributed by atoms with Gasteiger partial charge in [-0.15, -0.1) is 0 Å². The normalized spacial score (nSPS) is 11.1. The van der Waals surface area contributed by atoms with Gasteiger partial charge in [0.2, 0.25) is 4.77 Å². The lowest BCUT2D eigenvalue weighted by atomic mass is 10.0. The summed E-state index contributed by atoms with van der Waals surface area (Å²) in [6.45, 7) is 5.46. The fourth-order valence-corrected chi connectivity index (χ4v) is 1.71. The molecule has 86 valence electrons. The highest BCUT2D eigenvalue weighted by Gasteiger charge is 1.96. The van der Waals surface area contributed by atoms with Crippen molar-refractivity contribution in [2.24, 2.45) is 5.92 Å². The number of aryl methyl sites for hydroxylation is 1. The smallest absolute Gasteiger partial charge is 0.238 e. The van der Waals surface area contributed by atoms with Gasteiger partial charge in [0.25, 0.3) is 0 Å². The molecule has 1 rings (SSSR count). The van der Waals surface area contributed by atoms with Crippen molar-refractivity contribution in [2.75, 3.05) is 0 Å². The molecule has 0 unspecified atom stereocenters. The molecule has 0 aromatic carbocycles. The van der Waals surface area contributed by atoms with E-state index in [1.54, 1.807) is 0 Å². The van der Waals surface area contributed by atoms with Crippen LogP contribution >= 0.6 is 12.2 Å². The van der Waals surface area contributed by atoms with Crippen LogP contribution in [0.3, 0.4) is 0 Å². The molecule has 0 aliphatic rings. The van der Waals surface area contributed by atoms with Crippen molar-refractivity contribution >= 4 is 12.2 Å². The summed E-state index contributed by atoms with van der Waals surface area (Å²) in [6, 6.07) is 0. The van der Waals surface area contributed by atoms with Gasteiger partial charge in [-0.3, -0.25) is 0 Å². The van der Waals surface area contributed by atoms with Gasteiger partial charge >= 0.3 is 0 Å². The Morgan fingerprint density at radius 3 is 2.60 bits per heavy atom. The fraction of sp³-hybridized carbons (Fsp3) is 0.900. The Morgan fingerprint density at radius 2 is 2.00 bits per heavy atom. The van der Waals surface area contributed by atoms with Crippen molar-refractivity contribution in [3.8, 4) is 0 Å². The van der Waals surface area contributed by atoms with Gasteiger partial charge in [-0.05, 0) is 24.6 Å². The monoisotopic (exact) mass is 228 g/mol. The highest BCUT2D eigenvalue weighted by Crippen LogP contribution is 2.09. The number of aromatic nitrogens is 4. The number of hydrogen-bond donors (Lipinski definition) is 1. The highest BCUT2D eigenvalue weighted by molar-refractivity contribution is 7.71. The summed E-state index contributed by atoms with van der Waals surface area (Å²) in [5.41, 5.74) is 0. The maximum Gasteiger partial charge on any atom is 0.238 e. The van der Waals surface area contributed by atoms with E-state index < -0.39 is 0 Å². The van der Waals surface area contributed by atoms with Gasteiger partial charge in [0.05, 0.1) is 0 Å². The Labute approximate surface area is 96.1 Å². The molecular weight excluding hydrogens is 208 g/mol. The van der Waals surface area contributed by atoms with Gasteiger partial charge in [-0.25, -0.2) is 4.68 Å². The van der Waals surface area contributed by atoms with Gasteiger partial charge in [0, 0.05) is 6.54 Å². The Balaban J connectivity index is 2.03. The lowest BCUT2D eigenvalue weighted by Gasteiger charge is -2.04. The standard InChI is InChI=1S/C10H20N4S/c1-9(2)7-5-3-4-6-8-14-10(15)11-12-13-14/h9H,3-8H2,1-2H3,(H,11,13,15). The van der Waals surface area contributed by atoms with Crippen LogP contribution in [0.4, 0.5) is 0 Å². The van der Waals surface area contributed by atoms with E-state index in [-0.39, 0.29) is 0 Å². The quantitative estimate of drug-likeness (QED) is 0.576. The molecule has 0 fully saturated rings. The van der Waals surface area contributed by atoms with Crippen LogP contribution in [0.15, 0.2) is 0 Å². The molecule has 1 aromatic rings. The first-order chi connectivity index (χ1) is 7.20. The van der Waals surface area contributed by atoms with Gasteiger partial charge in [-0.2, -0.15) is 5.21 Å². The van der Waals surface area contributed by atoms with E-state index in [1.165, 1.54) is 25.7 Å². The maximum atomic E-state index is 4.98. The number of rotatable bonds is 7. The van der Waals surface area contributed by atoms with Crippen molar-refractivity contribution in [1.82, 2.24) is 20.2 Å². The van der Waals surface area contributed by atoms with Crippen LogP contribution in [0.25, 0.3) is 0 Å². The van der Waals surface area contributed by atoms with Crippen molar-refractivity contribution in [1.29, 1.82) is 0 Å². The molecule has 15 heavy (non-hydrogen) atoms. The molecule has 0 saturated carbocycles. The first-order valence-electron chi connectivity index (χ1n) is 5.68.